The molecule has 2 heteroatoms. The van der Waals surface area contributed by atoms with E-state index in [4.69, 9.17) is 4.74 Å². The second kappa shape index (κ2) is 8.01. The fraction of sp³-hybridized carbons (Fsp3) is 0.700. The summed E-state index contributed by atoms with van der Waals surface area (Å²) in [6.45, 7) is 10.1. The lowest BCUT2D eigenvalue weighted by Gasteiger charge is -2.42. The number of fused-ring (bicyclic) bond motifs is 1. The number of nitrogens with one attached hydrogen (secondary N) is 1. The Morgan fingerprint density at radius 3 is 2.55 bits per heavy atom. The normalized spacial score (nSPS) is 19.5. The topological polar surface area (TPSA) is 21.3 Å². The zero-order chi connectivity index (χ0) is 16.0. The van der Waals surface area contributed by atoms with E-state index in [0.29, 0.717) is 6.04 Å². The minimum Gasteiger partial charge on any atom is -0.487 e. The van der Waals surface area contributed by atoms with Crippen LogP contribution in [0.1, 0.15) is 83.4 Å². The van der Waals surface area contributed by atoms with E-state index in [1.54, 1.807) is 0 Å². The molecule has 0 saturated carbocycles. The smallest absolute Gasteiger partial charge is 0.124 e. The van der Waals surface area contributed by atoms with Gasteiger partial charge in [0.2, 0.25) is 0 Å². The van der Waals surface area contributed by atoms with Gasteiger partial charge in [-0.25, -0.2) is 0 Å². The Morgan fingerprint density at radius 2 is 1.91 bits per heavy atom. The van der Waals surface area contributed by atoms with Crippen molar-refractivity contribution in [2.75, 3.05) is 6.54 Å². The SMILES string of the molecule is CCCCCNC1CC(CC)(CC)Oc2ccc(CC)cc21. The van der Waals surface area contributed by atoms with Gasteiger partial charge in [0, 0.05) is 18.0 Å². The Hall–Kier alpha value is -1.02. The van der Waals surface area contributed by atoms with Gasteiger partial charge >= 0.3 is 0 Å². The van der Waals surface area contributed by atoms with Crippen molar-refractivity contribution in [1.29, 1.82) is 0 Å². The number of rotatable bonds is 8. The molecule has 2 nitrogen and oxygen atoms in total. The maximum atomic E-state index is 6.44. The number of ether oxygens (including phenoxy) is 1. The fourth-order valence-electron chi connectivity index (χ4n) is 3.46. The van der Waals surface area contributed by atoms with E-state index < -0.39 is 0 Å². The molecule has 0 fully saturated rings. The highest BCUT2D eigenvalue weighted by atomic mass is 16.5. The van der Waals surface area contributed by atoms with Crippen molar-refractivity contribution in [3.05, 3.63) is 29.3 Å². The van der Waals surface area contributed by atoms with Crippen molar-refractivity contribution < 1.29 is 4.74 Å². The Bertz CT molecular complexity index is 465. The van der Waals surface area contributed by atoms with E-state index in [2.05, 4.69) is 51.2 Å². The minimum absolute atomic E-state index is 0.00313. The maximum absolute atomic E-state index is 6.44. The van der Waals surface area contributed by atoms with E-state index >= 15 is 0 Å². The van der Waals surface area contributed by atoms with Crippen LogP contribution < -0.4 is 10.1 Å². The number of benzene rings is 1. The van der Waals surface area contributed by atoms with Gasteiger partial charge in [0.25, 0.3) is 0 Å². The molecular formula is C20H33NO. The third-order valence-electron chi connectivity index (χ3n) is 5.22. The van der Waals surface area contributed by atoms with Crippen LogP contribution in [-0.4, -0.2) is 12.1 Å². The molecular weight excluding hydrogens is 270 g/mol. The van der Waals surface area contributed by atoms with Crippen molar-refractivity contribution >= 4 is 0 Å². The lowest BCUT2D eigenvalue weighted by atomic mass is 9.83. The second-order valence-corrected chi connectivity index (χ2v) is 6.64. The number of hydrogen-bond acceptors (Lipinski definition) is 2. The zero-order valence-corrected chi connectivity index (χ0v) is 14.9. The van der Waals surface area contributed by atoms with Gasteiger partial charge in [-0.2, -0.15) is 0 Å². The average Bonchev–Trinajstić information content (AvgIpc) is 2.57. The highest BCUT2D eigenvalue weighted by Crippen LogP contribution is 2.43. The molecule has 1 unspecified atom stereocenters. The van der Waals surface area contributed by atoms with E-state index in [-0.39, 0.29) is 5.60 Å². The molecule has 1 N–H and O–H groups in total. The van der Waals surface area contributed by atoms with Crippen molar-refractivity contribution in [3.63, 3.8) is 0 Å². The van der Waals surface area contributed by atoms with Crippen molar-refractivity contribution in [3.8, 4) is 5.75 Å². The molecule has 2 rings (SSSR count). The molecule has 0 bridgehead atoms. The highest BCUT2D eigenvalue weighted by Gasteiger charge is 2.38. The van der Waals surface area contributed by atoms with Crippen LogP contribution in [0.4, 0.5) is 0 Å². The van der Waals surface area contributed by atoms with Crippen LogP contribution in [0, 0.1) is 0 Å². The minimum atomic E-state index is 0.00313. The van der Waals surface area contributed by atoms with Crippen LogP contribution in [0.25, 0.3) is 0 Å². The molecule has 1 aliphatic rings. The first kappa shape index (κ1) is 17.3. The van der Waals surface area contributed by atoms with Crippen LogP contribution >= 0.6 is 0 Å². The van der Waals surface area contributed by atoms with Crippen molar-refractivity contribution in [2.24, 2.45) is 0 Å². The molecule has 0 saturated heterocycles. The molecule has 1 heterocycles. The molecule has 0 amide bonds. The molecule has 0 aromatic heterocycles. The Kier molecular flexibility index (Phi) is 6.31. The van der Waals surface area contributed by atoms with Crippen molar-refractivity contribution in [1.82, 2.24) is 5.32 Å². The van der Waals surface area contributed by atoms with E-state index in [0.717, 1.165) is 38.0 Å². The molecule has 0 aliphatic carbocycles. The third-order valence-corrected chi connectivity index (χ3v) is 5.22. The van der Waals surface area contributed by atoms with Gasteiger partial charge in [0.05, 0.1) is 0 Å². The van der Waals surface area contributed by atoms with Crippen LogP contribution in [0.5, 0.6) is 5.75 Å². The van der Waals surface area contributed by atoms with Gasteiger partial charge in [0.1, 0.15) is 11.4 Å². The standard InChI is InChI=1S/C20H33NO/c1-5-9-10-13-21-18-15-20(7-3,8-4)22-19-12-11-16(6-2)14-17(18)19/h11-12,14,18,21H,5-10,13,15H2,1-4H3. The van der Waals surface area contributed by atoms with Crippen LogP contribution in [0.15, 0.2) is 18.2 Å². The number of unbranched alkanes of at least 4 members (excludes halogenated alkanes) is 2. The Morgan fingerprint density at radius 1 is 1.14 bits per heavy atom. The van der Waals surface area contributed by atoms with E-state index in [1.807, 2.05) is 0 Å². The summed E-state index contributed by atoms with van der Waals surface area (Å²) < 4.78 is 6.44. The average molecular weight is 303 g/mol. The van der Waals surface area contributed by atoms with Gasteiger partial charge in [-0.15, -0.1) is 0 Å². The van der Waals surface area contributed by atoms with Crippen molar-refractivity contribution in [2.45, 2.75) is 84.3 Å². The highest BCUT2D eigenvalue weighted by molar-refractivity contribution is 5.42. The maximum Gasteiger partial charge on any atom is 0.124 e. The quantitative estimate of drug-likeness (QED) is 0.648. The summed E-state index contributed by atoms with van der Waals surface area (Å²) in [7, 11) is 0. The summed E-state index contributed by atoms with van der Waals surface area (Å²) >= 11 is 0. The third kappa shape index (κ3) is 3.84. The molecule has 1 aromatic rings. The van der Waals surface area contributed by atoms with Crippen LogP contribution in [0.3, 0.4) is 0 Å². The Balaban J connectivity index is 2.21. The summed E-state index contributed by atoms with van der Waals surface area (Å²) in [5, 5.41) is 3.81. The first-order valence-electron chi connectivity index (χ1n) is 9.23. The molecule has 0 radical (unpaired) electrons. The van der Waals surface area contributed by atoms with Gasteiger partial charge in [0.15, 0.2) is 0 Å². The molecule has 1 atom stereocenters. The summed E-state index contributed by atoms with van der Waals surface area (Å²) in [4.78, 5) is 0. The first-order valence-corrected chi connectivity index (χ1v) is 9.23. The summed E-state index contributed by atoms with van der Waals surface area (Å²) in [6, 6.07) is 7.19. The monoisotopic (exact) mass is 303 g/mol. The summed E-state index contributed by atoms with van der Waals surface area (Å²) in [5.74, 6) is 1.10. The van der Waals surface area contributed by atoms with E-state index in [9.17, 15) is 0 Å². The number of aryl methyl sites for hydroxylation is 1. The van der Waals surface area contributed by atoms with E-state index in [1.165, 1.54) is 30.4 Å². The largest absolute Gasteiger partial charge is 0.487 e. The summed E-state index contributed by atoms with van der Waals surface area (Å²) in [6.07, 6.45) is 8.18. The Labute approximate surface area is 136 Å². The fourth-order valence-corrected chi connectivity index (χ4v) is 3.46. The van der Waals surface area contributed by atoms with Crippen LogP contribution in [0.2, 0.25) is 0 Å². The second-order valence-electron chi connectivity index (χ2n) is 6.64. The predicted molar refractivity (Wildman–Crippen MR) is 94.6 cm³/mol. The first-order chi connectivity index (χ1) is 10.7. The van der Waals surface area contributed by atoms with Crippen LogP contribution in [-0.2, 0) is 6.42 Å². The number of hydrogen-bond donors (Lipinski definition) is 1. The summed E-state index contributed by atoms with van der Waals surface area (Å²) in [5.41, 5.74) is 2.78. The molecule has 0 spiro atoms. The zero-order valence-electron chi connectivity index (χ0n) is 14.9. The predicted octanol–water partition coefficient (Wildman–Crippen LogP) is 5.41. The van der Waals surface area contributed by atoms with Gasteiger partial charge in [-0.3, -0.25) is 0 Å². The van der Waals surface area contributed by atoms with Gasteiger partial charge in [-0.1, -0.05) is 52.7 Å². The molecule has 124 valence electrons. The van der Waals surface area contributed by atoms with Gasteiger partial charge < -0.3 is 10.1 Å². The lowest BCUT2D eigenvalue weighted by molar-refractivity contribution is 0.0227. The molecule has 22 heavy (non-hydrogen) atoms. The lowest BCUT2D eigenvalue weighted by Crippen LogP contribution is -2.43. The molecule has 1 aromatic carbocycles. The molecule has 1 aliphatic heterocycles. The van der Waals surface area contributed by atoms with Gasteiger partial charge in [-0.05, 0) is 43.9 Å².